The summed E-state index contributed by atoms with van der Waals surface area (Å²) < 4.78 is 24.1. The number of thioether (sulfide) groups is 1. The third-order valence-electron chi connectivity index (χ3n) is 3.92. The van der Waals surface area contributed by atoms with Gasteiger partial charge in [0.15, 0.2) is 5.17 Å². The number of rotatable bonds is 2. The minimum atomic E-state index is -0.293. The Morgan fingerprint density at radius 2 is 1.88 bits per heavy atom. The molecule has 4 rings (SSSR count). The molecule has 0 saturated carbocycles. The van der Waals surface area contributed by atoms with Crippen LogP contribution in [0.5, 0.6) is 0 Å². The smallest absolute Gasteiger partial charge is 0.286 e. The molecule has 1 saturated heterocycles. The van der Waals surface area contributed by atoms with E-state index < -0.39 is 0 Å². The number of benzene rings is 1. The summed E-state index contributed by atoms with van der Waals surface area (Å²) in [5.74, 6) is 0.634. The molecule has 5 nitrogen and oxygen atoms in total. The lowest BCUT2D eigenvalue weighted by molar-refractivity contribution is -0.113. The van der Waals surface area contributed by atoms with Crippen LogP contribution in [0.2, 0.25) is 0 Å². The molecule has 25 heavy (non-hydrogen) atoms. The van der Waals surface area contributed by atoms with Gasteiger partial charge in [-0.3, -0.25) is 4.79 Å². The van der Waals surface area contributed by atoms with Crippen molar-refractivity contribution in [1.82, 2.24) is 4.90 Å². The minimum absolute atomic E-state index is 0.258. The second kappa shape index (κ2) is 6.85. The van der Waals surface area contributed by atoms with Crippen LogP contribution in [0.1, 0.15) is 5.76 Å². The van der Waals surface area contributed by atoms with Crippen molar-refractivity contribution < 1.29 is 18.3 Å². The molecule has 2 aliphatic heterocycles. The van der Waals surface area contributed by atoms with E-state index in [2.05, 4.69) is 9.89 Å². The number of hydrogen-bond donors (Lipinski definition) is 0. The molecule has 0 spiro atoms. The van der Waals surface area contributed by atoms with Crippen molar-refractivity contribution in [3.63, 3.8) is 0 Å². The molecule has 2 aromatic rings. The summed E-state index contributed by atoms with van der Waals surface area (Å²) in [4.78, 5) is 18.8. The van der Waals surface area contributed by atoms with Crippen molar-refractivity contribution in [1.29, 1.82) is 0 Å². The Hall–Kier alpha value is -2.38. The lowest BCUT2D eigenvalue weighted by Crippen LogP contribution is -2.38. The van der Waals surface area contributed by atoms with Crippen molar-refractivity contribution in [3.8, 4) is 11.3 Å². The Morgan fingerprint density at radius 1 is 1.12 bits per heavy atom. The number of nitrogens with zero attached hydrogens (tertiary/aromatic N) is 2. The van der Waals surface area contributed by atoms with E-state index in [0.29, 0.717) is 34.8 Å². The van der Waals surface area contributed by atoms with E-state index in [9.17, 15) is 9.18 Å². The molecule has 2 aliphatic rings. The van der Waals surface area contributed by atoms with Gasteiger partial charge in [0.1, 0.15) is 17.3 Å². The highest BCUT2D eigenvalue weighted by Gasteiger charge is 2.27. The van der Waals surface area contributed by atoms with Gasteiger partial charge in [-0.2, -0.15) is 4.99 Å². The van der Waals surface area contributed by atoms with E-state index in [1.165, 1.54) is 23.9 Å². The van der Waals surface area contributed by atoms with Gasteiger partial charge in [0, 0.05) is 24.7 Å². The first-order valence-corrected chi connectivity index (χ1v) is 8.72. The Kier molecular flexibility index (Phi) is 4.42. The third-order valence-corrected chi connectivity index (χ3v) is 4.96. The van der Waals surface area contributed by atoms with Gasteiger partial charge in [0.25, 0.3) is 5.91 Å². The Bertz CT molecular complexity index is 851. The maximum absolute atomic E-state index is 13.0. The average Bonchev–Trinajstić information content (AvgIpc) is 3.24. The monoisotopic (exact) mass is 358 g/mol. The molecule has 1 fully saturated rings. The number of amidine groups is 1. The van der Waals surface area contributed by atoms with Crippen molar-refractivity contribution in [2.24, 2.45) is 4.99 Å². The van der Waals surface area contributed by atoms with Crippen molar-refractivity contribution in [3.05, 3.63) is 52.9 Å². The van der Waals surface area contributed by atoms with Crippen LogP contribution >= 0.6 is 11.8 Å². The summed E-state index contributed by atoms with van der Waals surface area (Å²) in [5, 5.41) is 0.713. The third kappa shape index (κ3) is 3.52. The SMILES string of the molecule is O=C1N=C(N2CCOCC2)S/C1=C\c1ccc(-c2ccc(F)cc2)o1. The van der Waals surface area contributed by atoms with Crippen LogP contribution in [-0.4, -0.2) is 42.3 Å². The Balaban J connectivity index is 1.50. The van der Waals surface area contributed by atoms with Crippen LogP contribution in [0.4, 0.5) is 4.39 Å². The number of hydrogen-bond acceptors (Lipinski definition) is 5. The number of carbonyl (C=O) groups is 1. The zero-order valence-electron chi connectivity index (χ0n) is 13.3. The summed E-state index contributed by atoms with van der Waals surface area (Å²) in [5.41, 5.74) is 0.779. The van der Waals surface area contributed by atoms with Gasteiger partial charge in [0.2, 0.25) is 0 Å². The van der Waals surface area contributed by atoms with Gasteiger partial charge in [-0.1, -0.05) is 0 Å². The first-order chi connectivity index (χ1) is 12.2. The summed E-state index contributed by atoms with van der Waals surface area (Å²) in [7, 11) is 0. The summed E-state index contributed by atoms with van der Waals surface area (Å²) in [6, 6.07) is 9.66. The zero-order chi connectivity index (χ0) is 17.2. The van der Waals surface area contributed by atoms with E-state index in [1.807, 2.05) is 0 Å². The summed E-state index contributed by atoms with van der Waals surface area (Å²) in [6.07, 6.45) is 1.69. The fraction of sp³-hybridized carbons (Fsp3) is 0.222. The normalized spacial score (nSPS) is 19.6. The molecule has 1 aromatic heterocycles. The molecular weight excluding hydrogens is 343 g/mol. The number of ether oxygens (including phenoxy) is 1. The summed E-state index contributed by atoms with van der Waals surface area (Å²) in [6.45, 7) is 2.77. The Labute approximate surface area is 148 Å². The molecule has 3 heterocycles. The molecule has 0 atom stereocenters. The fourth-order valence-electron chi connectivity index (χ4n) is 2.62. The summed E-state index contributed by atoms with van der Waals surface area (Å²) >= 11 is 1.35. The van der Waals surface area contributed by atoms with E-state index in [-0.39, 0.29) is 11.7 Å². The minimum Gasteiger partial charge on any atom is -0.457 e. The number of aliphatic imine (C=N–C) groups is 1. The van der Waals surface area contributed by atoms with Gasteiger partial charge in [-0.15, -0.1) is 0 Å². The second-order valence-corrected chi connectivity index (χ2v) is 6.63. The molecule has 0 unspecified atom stereocenters. The number of morpholine rings is 1. The van der Waals surface area contributed by atoms with E-state index in [1.54, 1.807) is 30.3 Å². The fourth-order valence-corrected chi connectivity index (χ4v) is 3.56. The lowest BCUT2D eigenvalue weighted by atomic mass is 10.2. The number of furan rings is 1. The van der Waals surface area contributed by atoms with E-state index >= 15 is 0 Å². The van der Waals surface area contributed by atoms with Gasteiger partial charge in [-0.05, 0) is 48.2 Å². The van der Waals surface area contributed by atoms with Crippen LogP contribution < -0.4 is 0 Å². The van der Waals surface area contributed by atoms with Crippen LogP contribution in [-0.2, 0) is 9.53 Å². The molecule has 1 aromatic carbocycles. The molecule has 128 valence electrons. The standard InChI is InChI=1S/C18H15FN2O3S/c19-13-3-1-12(2-4-13)15-6-5-14(24-15)11-16-17(22)20-18(25-16)21-7-9-23-10-8-21/h1-6,11H,7-10H2/b16-11-. The predicted octanol–water partition coefficient (Wildman–Crippen LogP) is 3.39. The zero-order valence-corrected chi connectivity index (χ0v) is 14.1. The van der Waals surface area contributed by atoms with Crippen molar-refractivity contribution >= 4 is 28.9 Å². The van der Waals surface area contributed by atoms with Gasteiger partial charge in [0.05, 0.1) is 18.1 Å². The maximum atomic E-state index is 13.0. The molecule has 0 aliphatic carbocycles. The Morgan fingerprint density at radius 3 is 2.64 bits per heavy atom. The van der Waals surface area contributed by atoms with Gasteiger partial charge < -0.3 is 14.1 Å². The number of amides is 1. The largest absolute Gasteiger partial charge is 0.457 e. The van der Waals surface area contributed by atoms with E-state index in [4.69, 9.17) is 9.15 Å². The van der Waals surface area contributed by atoms with Crippen LogP contribution in [0, 0.1) is 5.82 Å². The molecular formula is C18H15FN2O3S. The van der Waals surface area contributed by atoms with Gasteiger partial charge in [-0.25, -0.2) is 4.39 Å². The highest BCUT2D eigenvalue weighted by atomic mass is 32.2. The lowest BCUT2D eigenvalue weighted by Gasteiger charge is -2.27. The topological polar surface area (TPSA) is 55.0 Å². The van der Waals surface area contributed by atoms with Crippen LogP contribution in [0.15, 0.2) is 50.7 Å². The van der Waals surface area contributed by atoms with E-state index in [0.717, 1.165) is 18.7 Å². The number of carbonyl (C=O) groups excluding carboxylic acids is 1. The second-order valence-electron chi connectivity index (χ2n) is 5.62. The van der Waals surface area contributed by atoms with Crippen LogP contribution in [0.25, 0.3) is 17.4 Å². The number of halogens is 1. The van der Waals surface area contributed by atoms with Crippen molar-refractivity contribution in [2.75, 3.05) is 26.3 Å². The van der Waals surface area contributed by atoms with Crippen molar-refractivity contribution in [2.45, 2.75) is 0 Å². The average molecular weight is 358 g/mol. The predicted molar refractivity (Wildman–Crippen MR) is 94.5 cm³/mol. The van der Waals surface area contributed by atoms with Gasteiger partial charge >= 0.3 is 0 Å². The molecule has 0 radical (unpaired) electrons. The van der Waals surface area contributed by atoms with Crippen LogP contribution in [0.3, 0.4) is 0 Å². The highest BCUT2D eigenvalue weighted by Crippen LogP contribution is 2.32. The maximum Gasteiger partial charge on any atom is 0.286 e. The molecule has 0 N–H and O–H groups in total. The molecule has 0 bridgehead atoms. The first-order valence-electron chi connectivity index (χ1n) is 7.90. The molecule has 7 heteroatoms. The first kappa shape index (κ1) is 16.1. The highest BCUT2D eigenvalue weighted by molar-refractivity contribution is 8.18. The molecule has 1 amide bonds. The quantitative estimate of drug-likeness (QED) is 0.771.